The molecule has 0 radical (unpaired) electrons. The minimum Gasteiger partial charge on any atom is -0.317 e. The van der Waals surface area contributed by atoms with Crippen LogP contribution in [-0.2, 0) is 4.79 Å². The highest BCUT2D eigenvalue weighted by Crippen LogP contribution is 2.13. The lowest BCUT2D eigenvalue weighted by Crippen LogP contribution is -2.47. The van der Waals surface area contributed by atoms with Crippen LogP contribution in [0.3, 0.4) is 0 Å². The molecule has 0 aromatic heterocycles. The van der Waals surface area contributed by atoms with Gasteiger partial charge in [-0.1, -0.05) is 6.92 Å². The van der Waals surface area contributed by atoms with Gasteiger partial charge in [0.15, 0.2) is 0 Å². The minimum atomic E-state index is 0.0862. The van der Waals surface area contributed by atoms with Crippen LogP contribution in [0.4, 0.5) is 0 Å². The van der Waals surface area contributed by atoms with Gasteiger partial charge in [-0.3, -0.25) is 9.69 Å². The summed E-state index contributed by atoms with van der Waals surface area (Å²) in [6.07, 6.45) is 2.98. The number of likely N-dealkylation sites (N-methyl/N-ethyl adjacent to an activating group) is 1. The highest BCUT2D eigenvalue weighted by molar-refractivity contribution is 5.83. The molecular formula is C11H22N2O. The molecule has 1 atom stereocenters. The summed E-state index contributed by atoms with van der Waals surface area (Å²) in [4.78, 5) is 13.8. The highest BCUT2D eigenvalue weighted by atomic mass is 16.1. The third-order valence-electron chi connectivity index (χ3n) is 3.31. The Morgan fingerprint density at radius 2 is 2.07 bits per heavy atom. The van der Waals surface area contributed by atoms with Gasteiger partial charge in [-0.2, -0.15) is 0 Å². The lowest BCUT2D eigenvalue weighted by molar-refractivity contribution is -0.123. The maximum atomic E-state index is 11.5. The Morgan fingerprint density at radius 3 is 2.57 bits per heavy atom. The van der Waals surface area contributed by atoms with Crippen molar-refractivity contribution in [1.29, 1.82) is 0 Å². The van der Waals surface area contributed by atoms with Crippen molar-refractivity contribution in [3.63, 3.8) is 0 Å². The zero-order valence-corrected chi connectivity index (χ0v) is 9.55. The Kier molecular flexibility index (Phi) is 4.55. The predicted molar refractivity (Wildman–Crippen MR) is 58.4 cm³/mol. The van der Waals surface area contributed by atoms with Crippen LogP contribution in [0.1, 0.15) is 33.1 Å². The van der Waals surface area contributed by atoms with E-state index >= 15 is 0 Å². The van der Waals surface area contributed by atoms with Crippen LogP contribution in [0.2, 0.25) is 0 Å². The molecule has 82 valence electrons. The normalized spacial score (nSPS) is 21.1. The summed E-state index contributed by atoms with van der Waals surface area (Å²) in [5.41, 5.74) is 0. The Morgan fingerprint density at radius 1 is 1.50 bits per heavy atom. The quantitative estimate of drug-likeness (QED) is 0.732. The second kappa shape index (κ2) is 5.47. The monoisotopic (exact) mass is 198 g/mol. The molecule has 3 heteroatoms. The Labute approximate surface area is 86.9 Å². The molecule has 1 saturated heterocycles. The first-order valence-corrected chi connectivity index (χ1v) is 5.62. The summed E-state index contributed by atoms with van der Waals surface area (Å²) in [5.74, 6) is 0.353. The summed E-state index contributed by atoms with van der Waals surface area (Å²) < 4.78 is 0. The lowest BCUT2D eigenvalue weighted by Gasteiger charge is -2.35. The van der Waals surface area contributed by atoms with E-state index < -0.39 is 0 Å². The fourth-order valence-electron chi connectivity index (χ4n) is 2.05. The lowest BCUT2D eigenvalue weighted by atomic mass is 10.0. The molecule has 0 aromatic carbocycles. The molecule has 0 bridgehead atoms. The van der Waals surface area contributed by atoms with Crippen LogP contribution in [-0.4, -0.2) is 42.9 Å². The summed E-state index contributed by atoms with van der Waals surface area (Å²) in [6.45, 7) is 6.13. The molecule has 0 aliphatic carbocycles. The van der Waals surface area contributed by atoms with Gasteiger partial charge < -0.3 is 5.32 Å². The zero-order valence-electron chi connectivity index (χ0n) is 9.55. The van der Waals surface area contributed by atoms with E-state index in [1.165, 1.54) is 0 Å². The number of carbonyl (C=O) groups excluding carboxylic acids is 1. The number of piperidine rings is 1. The van der Waals surface area contributed by atoms with Crippen molar-refractivity contribution >= 4 is 5.78 Å². The Hall–Kier alpha value is -0.410. The van der Waals surface area contributed by atoms with E-state index in [2.05, 4.69) is 17.3 Å². The van der Waals surface area contributed by atoms with Crippen molar-refractivity contribution in [1.82, 2.24) is 10.2 Å². The standard InChI is InChI=1S/C11H22N2O/c1-4-11(14)9(2)13(3)10-5-7-12-8-6-10/h9-10,12H,4-8H2,1-3H3. The second-order valence-electron chi connectivity index (χ2n) is 4.14. The summed E-state index contributed by atoms with van der Waals surface area (Å²) >= 11 is 0. The van der Waals surface area contributed by atoms with E-state index in [-0.39, 0.29) is 6.04 Å². The second-order valence-corrected chi connectivity index (χ2v) is 4.14. The first-order valence-electron chi connectivity index (χ1n) is 5.62. The van der Waals surface area contributed by atoms with E-state index in [1.807, 2.05) is 13.8 Å². The van der Waals surface area contributed by atoms with Gasteiger partial charge in [-0.25, -0.2) is 0 Å². The number of rotatable bonds is 4. The van der Waals surface area contributed by atoms with Gasteiger partial charge in [0, 0.05) is 12.5 Å². The van der Waals surface area contributed by atoms with Gasteiger partial charge in [-0.05, 0) is 39.9 Å². The maximum absolute atomic E-state index is 11.5. The van der Waals surface area contributed by atoms with E-state index in [4.69, 9.17) is 0 Å². The Bertz CT molecular complexity index is 188. The molecule has 1 unspecified atom stereocenters. The molecule has 0 amide bonds. The van der Waals surface area contributed by atoms with Crippen LogP contribution in [0.5, 0.6) is 0 Å². The third kappa shape index (κ3) is 2.79. The van der Waals surface area contributed by atoms with Gasteiger partial charge in [0.05, 0.1) is 6.04 Å². The fourth-order valence-corrected chi connectivity index (χ4v) is 2.05. The van der Waals surface area contributed by atoms with Crippen molar-refractivity contribution < 1.29 is 4.79 Å². The third-order valence-corrected chi connectivity index (χ3v) is 3.31. The Balaban J connectivity index is 2.45. The average Bonchev–Trinajstić information content (AvgIpc) is 2.27. The van der Waals surface area contributed by atoms with Gasteiger partial charge in [-0.15, -0.1) is 0 Å². The van der Waals surface area contributed by atoms with E-state index in [0.29, 0.717) is 18.2 Å². The number of hydrogen-bond acceptors (Lipinski definition) is 3. The van der Waals surface area contributed by atoms with Gasteiger partial charge >= 0.3 is 0 Å². The van der Waals surface area contributed by atoms with E-state index in [9.17, 15) is 4.79 Å². The van der Waals surface area contributed by atoms with E-state index in [1.54, 1.807) is 0 Å². The molecule has 1 N–H and O–H groups in total. The van der Waals surface area contributed by atoms with Gasteiger partial charge in [0.1, 0.15) is 5.78 Å². The predicted octanol–water partition coefficient (Wildman–Crippen LogP) is 1.04. The van der Waals surface area contributed by atoms with Crippen molar-refractivity contribution in [2.45, 2.75) is 45.2 Å². The maximum Gasteiger partial charge on any atom is 0.149 e. The number of ketones is 1. The molecule has 1 aliphatic rings. The van der Waals surface area contributed by atoms with Crippen molar-refractivity contribution in [3.05, 3.63) is 0 Å². The number of hydrogen-bond donors (Lipinski definition) is 1. The largest absolute Gasteiger partial charge is 0.317 e. The molecule has 1 rings (SSSR count). The number of Topliss-reactive ketones (excluding diaryl/α,β-unsaturated/α-hetero) is 1. The molecular weight excluding hydrogens is 176 g/mol. The number of nitrogens with zero attached hydrogens (tertiary/aromatic N) is 1. The molecule has 0 spiro atoms. The molecule has 1 fully saturated rings. The smallest absolute Gasteiger partial charge is 0.149 e. The van der Waals surface area contributed by atoms with Crippen molar-refractivity contribution in [3.8, 4) is 0 Å². The van der Waals surface area contributed by atoms with Crippen LogP contribution >= 0.6 is 0 Å². The molecule has 14 heavy (non-hydrogen) atoms. The minimum absolute atomic E-state index is 0.0862. The van der Waals surface area contributed by atoms with Crippen LogP contribution < -0.4 is 5.32 Å². The molecule has 0 saturated carbocycles. The summed E-state index contributed by atoms with van der Waals surface area (Å²) in [6, 6.07) is 0.671. The van der Waals surface area contributed by atoms with Crippen LogP contribution in [0.25, 0.3) is 0 Å². The molecule has 3 nitrogen and oxygen atoms in total. The molecule has 1 heterocycles. The topological polar surface area (TPSA) is 32.3 Å². The fraction of sp³-hybridized carbons (Fsp3) is 0.909. The SMILES string of the molecule is CCC(=O)C(C)N(C)C1CCNCC1. The van der Waals surface area contributed by atoms with E-state index in [0.717, 1.165) is 25.9 Å². The summed E-state index contributed by atoms with van der Waals surface area (Å²) in [7, 11) is 2.08. The number of carbonyl (C=O) groups is 1. The first kappa shape index (κ1) is 11.7. The first-order chi connectivity index (χ1) is 6.66. The van der Waals surface area contributed by atoms with Crippen LogP contribution in [0.15, 0.2) is 0 Å². The van der Waals surface area contributed by atoms with Crippen molar-refractivity contribution in [2.24, 2.45) is 0 Å². The highest BCUT2D eigenvalue weighted by Gasteiger charge is 2.24. The molecule has 0 aromatic rings. The zero-order chi connectivity index (χ0) is 10.6. The van der Waals surface area contributed by atoms with Crippen molar-refractivity contribution in [2.75, 3.05) is 20.1 Å². The van der Waals surface area contributed by atoms with Gasteiger partial charge in [0.2, 0.25) is 0 Å². The summed E-state index contributed by atoms with van der Waals surface area (Å²) in [5, 5.41) is 3.34. The average molecular weight is 198 g/mol. The van der Waals surface area contributed by atoms with Crippen LogP contribution in [0, 0.1) is 0 Å². The molecule has 1 aliphatic heterocycles. The van der Waals surface area contributed by atoms with Gasteiger partial charge in [0.25, 0.3) is 0 Å². The number of nitrogens with one attached hydrogen (secondary N) is 1.